The first-order valence-electron chi connectivity index (χ1n) is 5.37. The van der Waals surface area contributed by atoms with E-state index in [1.54, 1.807) is 11.0 Å². The summed E-state index contributed by atoms with van der Waals surface area (Å²) in [6, 6.07) is 0.139. The third-order valence-electron chi connectivity index (χ3n) is 3.16. The summed E-state index contributed by atoms with van der Waals surface area (Å²) >= 11 is 0. The zero-order valence-corrected chi connectivity index (χ0v) is 9.30. The number of hydrogen-bond donors (Lipinski definition) is 1. The number of esters is 1. The van der Waals surface area contributed by atoms with Crippen molar-refractivity contribution in [2.45, 2.75) is 37.3 Å². The molecule has 1 aromatic rings. The fraction of sp³-hybridized carbons (Fsp3) is 0.700. The van der Waals surface area contributed by atoms with Crippen molar-refractivity contribution in [2.24, 2.45) is 5.73 Å². The predicted molar refractivity (Wildman–Crippen MR) is 56.5 cm³/mol. The zero-order valence-electron chi connectivity index (χ0n) is 9.30. The zero-order chi connectivity index (χ0) is 11.6. The van der Waals surface area contributed by atoms with Crippen molar-refractivity contribution in [3.63, 3.8) is 0 Å². The third kappa shape index (κ3) is 1.92. The van der Waals surface area contributed by atoms with E-state index >= 15 is 0 Å². The van der Waals surface area contributed by atoms with Crippen LogP contribution < -0.4 is 5.73 Å². The topological polar surface area (TPSA) is 83.0 Å². The average Bonchev–Trinajstić information content (AvgIpc) is 2.81. The van der Waals surface area contributed by atoms with Crippen LogP contribution in [-0.2, 0) is 9.53 Å². The van der Waals surface area contributed by atoms with Crippen molar-refractivity contribution in [1.29, 1.82) is 0 Å². The minimum Gasteiger partial charge on any atom is -0.468 e. The van der Waals surface area contributed by atoms with Gasteiger partial charge < -0.3 is 10.5 Å². The molecule has 2 rings (SSSR count). The van der Waals surface area contributed by atoms with Gasteiger partial charge in [0.15, 0.2) is 0 Å². The average molecular weight is 224 g/mol. The van der Waals surface area contributed by atoms with E-state index in [1.165, 1.54) is 13.4 Å². The van der Waals surface area contributed by atoms with Crippen LogP contribution in [-0.4, -0.2) is 33.4 Å². The molecule has 1 fully saturated rings. The number of rotatable bonds is 2. The Kier molecular flexibility index (Phi) is 2.91. The first-order chi connectivity index (χ1) is 7.65. The summed E-state index contributed by atoms with van der Waals surface area (Å²) in [5, 5.41) is 4.09. The van der Waals surface area contributed by atoms with Gasteiger partial charge in [-0.2, -0.15) is 5.10 Å². The number of ether oxygens (including phenoxy) is 1. The predicted octanol–water partition coefficient (Wildman–Crippen LogP) is 0.264. The molecule has 0 amide bonds. The van der Waals surface area contributed by atoms with Crippen molar-refractivity contribution in [3.8, 4) is 0 Å². The maximum absolute atomic E-state index is 11.6. The molecule has 0 spiro atoms. The van der Waals surface area contributed by atoms with E-state index in [-0.39, 0.29) is 12.0 Å². The molecular weight excluding hydrogens is 208 g/mol. The Morgan fingerprint density at radius 2 is 2.50 bits per heavy atom. The van der Waals surface area contributed by atoms with E-state index in [9.17, 15) is 4.79 Å². The van der Waals surface area contributed by atoms with Gasteiger partial charge in [-0.1, -0.05) is 0 Å². The van der Waals surface area contributed by atoms with Crippen LogP contribution in [0.25, 0.3) is 0 Å². The lowest BCUT2D eigenvalue weighted by Crippen LogP contribution is -2.52. The Morgan fingerprint density at radius 1 is 1.69 bits per heavy atom. The lowest BCUT2D eigenvalue weighted by Gasteiger charge is -2.35. The summed E-state index contributed by atoms with van der Waals surface area (Å²) in [4.78, 5) is 15.5. The molecular formula is C10H16N4O2. The second-order valence-electron chi connectivity index (χ2n) is 4.27. The van der Waals surface area contributed by atoms with Crippen LogP contribution in [0.5, 0.6) is 0 Å². The van der Waals surface area contributed by atoms with Crippen LogP contribution in [0, 0.1) is 0 Å². The Labute approximate surface area is 93.8 Å². The first-order valence-corrected chi connectivity index (χ1v) is 5.37. The Morgan fingerprint density at radius 3 is 3.12 bits per heavy atom. The molecule has 0 aromatic carbocycles. The molecule has 2 N–H and O–H groups in total. The maximum Gasteiger partial charge on any atom is 0.325 e. The van der Waals surface area contributed by atoms with E-state index < -0.39 is 5.54 Å². The number of aromatic nitrogens is 3. The number of carbonyl (C=O) groups excluding carboxylic acids is 1. The number of methoxy groups -OCH3 is 1. The molecule has 6 heteroatoms. The molecule has 6 nitrogen and oxygen atoms in total. The van der Waals surface area contributed by atoms with Gasteiger partial charge >= 0.3 is 5.97 Å². The molecule has 0 aliphatic heterocycles. The van der Waals surface area contributed by atoms with Gasteiger partial charge in [0.05, 0.1) is 13.2 Å². The van der Waals surface area contributed by atoms with Crippen molar-refractivity contribution in [2.75, 3.05) is 7.11 Å². The monoisotopic (exact) mass is 224 g/mol. The number of nitrogens with two attached hydrogens (primary N) is 1. The molecule has 16 heavy (non-hydrogen) atoms. The van der Waals surface area contributed by atoms with Gasteiger partial charge in [0, 0.05) is 0 Å². The Bertz CT molecular complexity index is 365. The quantitative estimate of drug-likeness (QED) is 0.729. The summed E-state index contributed by atoms with van der Waals surface area (Å²) in [7, 11) is 1.37. The second-order valence-corrected chi connectivity index (χ2v) is 4.27. The van der Waals surface area contributed by atoms with E-state index in [4.69, 9.17) is 10.5 Å². The lowest BCUT2D eigenvalue weighted by atomic mass is 9.80. The van der Waals surface area contributed by atoms with Crippen LogP contribution in [0.2, 0.25) is 0 Å². The summed E-state index contributed by atoms with van der Waals surface area (Å²) in [5.41, 5.74) is 5.20. The molecule has 1 aromatic heterocycles. The lowest BCUT2D eigenvalue weighted by molar-refractivity contribution is -0.149. The standard InChI is InChI=1S/C10H16N4O2/c1-16-9(15)10(11)4-2-3-8(5-10)14-7-12-6-13-14/h6-8H,2-5,11H2,1H3. The van der Waals surface area contributed by atoms with Crippen LogP contribution in [0.15, 0.2) is 12.7 Å². The highest BCUT2D eigenvalue weighted by molar-refractivity contribution is 5.80. The SMILES string of the molecule is COC(=O)C1(N)CCCC(n2cncn2)C1. The van der Waals surface area contributed by atoms with Crippen molar-refractivity contribution < 1.29 is 9.53 Å². The molecule has 1 heterocycles. The molecule has 2 atom stereocenters. The van der Waals surface area contributed by atoms with Gasteiger partial charge in [-0.25, -0.2) is 9.67 Å². The van der Waals surface area contributed by atoms with Crippen LogP contribution in [0.4, 0.5) is 0 Å². The van der Waals surface area contributed by atoms with Crippen LogP contribution in [0.3, 0.4) is 0 Å². The molecule has 88 valence electrons. The molecule has 1 aliphatic carbocycles. The Balaban J connectivity index is 2.12. The molecule has 1 aliphatic rings. The number of nitrogens with zero attached hydrogens (tertiary/aromatic N) is 3. The highest BCUT2D eigenvalue weighted by atomic mass is 16.5. The van der Waals surface area contributed by atoms with E-state index in [1.807, 2.05) is 0 Å². The van der Waals surface area contributed by atoms with E-state index in [0.717, 1.165) is 12.8 Å². The molecule has 2 unspecified atom stereocenters. The van der Waals surface area contributed by atoms with Crippen LogP contribution in [0.1, 0.15) is 31.7 Å². The highest BCUT2D eigenvalue weighted by Crippen LogP contribution is 2.34. The molecule has 0 bridgehead atoms. The Hall–Kier alpha value is -1.43. The molecule has 1 saturated carbocycles. The van der Waals surface area contributed by atoms with E-state index in [0.29, 0.717) is 12.8 Å². The minimum atomic E-state index is -0.871. The minimum absolute atomic E-state index is 0.139. The summed E-state index contributed by atoms with van der Waals surface area (Å²) in [5.74, 6) is -0.336. The first kappa shape index (κ1) is 11.1. The van der Waals surface area contributed by atoms with Gasteiger partial charge in [0.2, 0.25) is 0 Å². The van der Waals surface area contributed by atoms with Gasteiger partial charge in [-0.3, -0.25) is 4.79 Å². The fourth-order valence-electron chi connectivity index (χ4n) is 2.30. The van der Waals surface area contributed by atoms with Gasteiger partial charge in [-0.05, 0) is 25.7 Å². The van der Waals surface area contributed by atoms with E-state index in [2.05, 4.69) is 10.1 Å². The van der Waals surface area contributed by atoms with Crippen molar-refractivity contribution in [1.82, 2.24) is 14.8 Å². The second kappa shape index (κ2) is 4.21. The van der Waals surface area contributed by atoms with Crippen molar-refractivity contribution in [3.05, 3.63) is 12.7 Å². The summed E-state index contributed by atoms with van der Waals surface area (Å²) < 4.78 is 6.52. The third-order valence-corrected chi connectivity index (χ3v) is 3.16. The number of hydrogen-bond acceptors (Lipinski definition) is 5. The fourth-order valence-corrected chi connectivity index (χ4v) is 2.30. The van der Waals surface area contributed by atoms with Gasteiger partial charge in [0.1, 0.15) is 18.2 Å². The summed E-state index contributed by atoms with van der Waals surface area (Å²) in [6.45, 7) is 0. The molecule has 0 saturated heterocycles. The van der Waals surface area contributed by atoms with Crippen LogP contribution >= 0.6 is 0 Å². The maximum atomic E-state index is 11.6. The summed E-state index contributed by atoms with van der Waals surface area (Å²) in [6.07, 6.45) is 6.25. The normalized spacial score (nSPS) is 30.0. The largest absolute Gasteiger partial charge is 0.468 e. The van der Waals surface area contributed by atoms with Gasteiger partial charge in [-0.15, -0.1) is 0 Å². The number of carbonyl (C=O) groups is 1. The van der Waals surface area contributed by atoms with Crippen molar-refractivity contribution >= 4 is 5.97 Å². The molecule has 0 radical (unpaired) electrons. The van der Waals surface area contributed by atoms with Gasteiger partial charge in [0.25, 0.3) is 0 Å². The smallest absolute Gasteiger partial charge is 0.325 e. The highest BCUT2D eigenvalue weighted by Gasteiger charge is 2.41.